The summed E-state index contributed by atoms with van der Waals surface area (Å²) in [5.41, 5.74) is 1.51. The minimum absolute atomic E-state index is 0.159. The van der Waals surface area contributed by atoms with Gasteiger partial charge < -0.3 is 14.4 Å². The Bertz CT molecular complexity index is 744. The molecule has 1 aliphatic rings. The number of piperidine rings is 1. The molecule has 1 aromatic carbocycles. The summed E-state index contributed by atoms with van der Waals surface area (Å²) in [6.07, 6.45) is 0.984. The fourth-order valence-electron chi connectivity index (χ4n) is 2.87. The van der Waals surface area contributed by atoms with Crippen molar-refractivity contribution < 1.29 is 19.1 Å². The van der Waals surface area contributed by atoms with Crippen LogP contribution in [0.1, 0.15) is 29.0 Å². The zero-order valence-corrected chi connectivity index (χ0v) is 13.7. The number of benzene rings is 1. The van der Waals surface area contributed by atoms with Crippen LogP contribution in [0, 0.1) is 12.8 Å². The molecule has 0 unspecified atom stereocenters. The molecule has 1 saturated heterocycles. The number of aryl methyl sites for hydroxylation is 1. The summed E-state index contributed by atoms with van der Waals surface area (Å²) in [6.45, 7) is 2.78. The highest BCUT2D eigenvalue weighted by Crippen LogP contribution is 2.29. The van der Waals surface area contributed by atoms with Crippen molar-refractivity contribution in [3.63, 3.8) is 0 Å². The molecule has 3 rings (SSSR count). The Morgan fingerprint density at radius 1 is 1.32 bits per heavy atom. The molecule has 116 valence electrons. The second-order valence-corrected chi connectivity index (χ2v) is 6.52. The third-order valence-electron chi connectivity index (χ3n) is 4.22. The number of nitrogens with zero attached hydrogens (tertiary/aromatic N) is 1. The van der Waals surface area contributed by atoms with Gasteiger partial charge in [-0.15, -0.1) is 0 Å². The number of carboxylic acid groups (broad SMARTS) is 1. The van der Waals surface area contributed by atoms with Gasteiger partial charge >= 0.3 is 5.97 Å². The van der Waals surface area contributed by atoms with Gasteiger partial charge in [-0.1, -0.05) is 15.9 Å². The number of likely N-dealkylation sites (tertiary alicyclic amines) is 1. The van der Waals surface area contributed by atoms with Crippen molar-refractivity contribution in [1.29, 1.82) is 0 Å². The van der Waals surface area contributed by atoms with E-state index in [1.165, 1.54) is 0 Å². The van der Waals surface area contributed by atoms with Crippen LogP contribution in [0.4, 0.5) is 0 Å². The molecular weight excluding hydrogens is 350 g/mol. The predicted octanol–water partition coefficient (Wildman–Crippen LogP) is 3.44. The maximum absolute atomic E-state index is 12.6. The molecule has 0 radical (unpaired) electrons. The summed E-state index contributed by atoms with van der Waals surface area (Å²) in [4.78, 5) is 25.3. The highest BCUT2D eigenvalue weighted by Gasteiger charge is 2.30. The molecule has 1 amide bonds. The van der Waals surface area contributed by atoms with Gasteiger partial charge in [0, 0.05) is 28.5 Å². The van der Waals surface area contributed by atoms with Crippen molar-refractivity contribution in [3.05, 3.63) is 34.0 Å². The molecule has 2 heterocycles. The fourth-order valence-corrected chi connectivity index (χ4v) is 3.23. The van der Waals surface area contributed by atoms with Gasteiger partial charge in [0.15, 0.2) is 5.76 Å². The van der Waals surface area contributed by atoms with Gasteiger partial charge in [0.05, 0.1) is 5.92 Å². The first kappa shape index (κ1) is 15.1. The van der Waals surface area contributed by atoms with E-state index in [9.17, 15) is 9.59 Å². The Morgan fingerprint density at radius 3 is 2.64 bits per heavy atom. The Balaban J connectivity index is 1.84. The maximum atomic E-state index is 12.6. The third kappa shape index (κ3) is 2.63. The first-order valence-electron chi connectivity index (χ1n) is 7.18. The number of carboxylic acids is 1. The van der Waals surface area contributed by atoms with Crippen molar-refractivity contribution >= 4 is 38.8 Å². The summed E-state index contributed by atoms with van der Waals surface area (Å²) in [5.74, 6) is -0.941. The minimum atomic E-state index is -0.781. The minimum Gasteiger partial charge on any atom is -0.481 e. The molecule has 5 nitrogen and oxygen atoms in total. The zero-order valence-electron chi connectivity index (χ0n) is 12.1. The van der Waals surface area contributed by atoms with Gasteiger partial charge in [-0.2, -0.15) is 0 Å². The first-order valence-corrected chi connectivity index (χ1v) is 7.97. The fraction of sp³-hybridized carbons (Fsp3) is 0.375. The van der Waals surface area contributed by atoms with E-state index in [4.69, 9.17) is 9.52 Å². The second-order valence-electron chi connectivity index (χ2n) is 5.60. The lowest BCUT2D eigenvalue weighted by Crippen LogP contribution is -2.40. The molecule has 0 atom stereocenters. The summed E-state index contributed by atoms with van der Waals surface area (Å²) in [6, 6.07) is 5.64. The van der Waals surface area contributed by atoms with Gasteiger partial charge in [-0.3, -0.25) is 9.59 Å². The second kappa shape index (κ2) is 5.76. The molecule has 1 fully saturated rings. The largest absolute Gasteiger partial charge is 0.481 e. The van der Waals surface area contributed by atoms with E-state index in [-0.39, 0.29) is 11.8 Å². The molecule has 1 aliphatic heterocycles. The van der Waals surface area contributed by atoms with Crippen LogP contribution in [-0.4, -0.2) is 35.0 Å². The topological polar surface area (TPSA) is 70.8 Å². The number of amides is 1. The van der Waals surface area contributed by atoms with E-state index in [1.807, 2.05) is 25.1 Å². The number of hydrogen-bond acceptors (Lipinski definition) is 3. The van der Waals surface area contributed by atoms with E-state index in [2.05, 4.69) is 15.9 Å². The smallest absolute Gasteiger partial charge is 0.306 e. The van der Waals surface area contributed by atoms with Crippen LogP contribution >= 0.6 is 15.9 Å². The van der Waals surface area contributed by atoms with Crippen LogP contribution in [0.2, 0.25) is 0 Å². The molecule has 0 aliphatic carbocycles. The third-order valence-corrected chi connectivity index (χ3v) is 4.72. The quantitative estimate of drug-likeness (QED) is 0.884. The van der Waals surface area contributed by atoms with Gasteiger partial charge in [0.1, 0.15) is 5.58 Å². The predicted molar refractivity (Wildman–Crippen MR) is 84.9 cm³/mol. The molecule has 0 spiro atoms. The summed E-state index contributed by atoms with van der Waals surface area (Å²) in [7, 11) is 0. The maximum Gasteiger partial charge on any atom is 0.306 e. The number of halogens is 1. The molecule has 0 saturated carbocycles. The van der Waals surface area contributed by atoms with Crippen LogP contribution in [0.3, 0.4) is 0 Å². The van der Waals surface area contributed by atoms with Crippen LogP contribution < -0.4 is 0 Å². The van der Waals surface area contributed by atoms with E-state index in [0.29, 0.717) is 37.3 Å². The normalized spacial score (nSPS) is 16.2. The van der Waals surface area contributed by atoms with Gasteiger partial charge in [-0.25, -0.2) is 0 Å². The summed E-state index contributed by atoms with van der Waals surface area (Å²) < 4.78 is 6.65. The highest BCUT2D eigenvalue weighted by molar-refractivity contribution is 9.10. The Morgan fingerprint density at radius 2 is 2.00 bits per heavy atom. The van der Waals surface area contributed by atoms with Crippen molar-refractivity contribution in [2.45, 2.75) is 19.8 Å². The van der Waals surface area contributed by atoms with Crippen LogP contribution in [-0.2, 0) is 4.79 Å². The SMILES string of the molecule is Cc1c(C(=O)N2CCC(C(=O)O)CC2)oc2ccc(Br)cc12. The lowest BCUT2D eigenvalue weighted by atomic mass is 9.97. The number of aliphatic carboxylic acids is 1. The van der Waals surface area contributed by atoms with E-state index in [0.717, 1.165) is 15.4 Å². The van der Waals surface area contributed by atoms with Crippen LogP contribution in [0.15, 0.2) is 27.1 Å². The van der Waals surface area contributed by atoms with E-state index in [1.54, 1.807) is 4.90 Å². The average molecular weight is 366 g/mol. The molecule has 1 aromatic heterocycles. The summed E-state index contributed by atoms with van der Waals surface area (Å²) >= 11 is 3.42. The number of hydrogen-bond donors (Lipinski definition) is 1. The molecule has 2 aromatic rings. The zero-order chi connectivity index (χ0) is 15.9. The first-order chi connectivity index (χ1) is 10.5. The van der Waals surface area contributed by atoms with Crippen molar-refractivity contribution in [2.75, 3.05) is 13.1 Å². The Labute approximate surface area is 136 Å². The standard InChI is InChI=1S/C16H16BrNO4/c1-9-12-8-11(17)2-3-13(12)22-14(9)15(19)18-6-4-10(5-7-18)16(20)21/h2-3,8,10H,4-7H2,1H3,(H,20,21). The van der Waals surface area contributed by atoms with Gasteiger partial charge in [0.2, 0.25) is 0 Å². The highest BCUT2D eigenvalue weighted by atomic mass is 79.9. The average Bonchev–Trinajstić information content (AvgIpc) is 2.83. The Hall–Kier alpha value is -1.82. The van der Waals surface area contributed by atoms with Crippen molar-refractivity contribution in [2.24, 2.45) is 5.92 Å². The van der Waals surface area contributed by atoms with E-state index >= 15 is 0 Å². The van der Waals surface area contributed by atoms with Crippen LogP contribution in [0.5, 0.6) is 0 Å². The number of fused-ring (bicyclic) bond motifs is 1. The lowest BCUT2D eigenvalue weighted by molar-refractivity contribution is -0.143. The van der Waals surface area contributed by atoms with Crippen molar-refractivity contribution in [3.8, 4) is 0 Å². The number of furan rings is 1. The Kier molecular flexibility index (Phi) is 3.95. The van der Waals surface area contributed by atoms with Gasteiger partial charge in [0.25, 0.3) is 5.91 Å². The molecule has 1 N–H and O–H groups in total. The molecule has 6 heteroatoms. The number of carbonyl (C=O) groups is 2. The lowest BCUT2D eigenvalue weighted by Gasteiger charge is -2.29. The molecule has 0 bridgehead atoms. The molecule has 22 heavy (non-hydrogen) atoms. The van der Waals surface area contributed by atoms with Crippen LogP contribution in [0.25, 0.3) is 11.0 Å². The summed E-state index contributed by atoms with van der Waals surface area (Å²) in [5, 5.41) is 9.93. The van der Waals surface area contributed by atoms with E-state index < -0.39 is 5.97 Å². The van der Waals surface area contributed by atoms with Gasteiger partial charge in [-0.05, 0) is 38.0 Å². The molecular formula is C16H16BrNO4. The van der Waals surface area contributed by atoms with Crippen molar-refractivity contribution in [1.82, 2.24) is 4.90 Å². The number of rotatable bonds is 2. The number of carbonyl (C=O) groups excluding carboxylic acids is 1. The monoisotopic (exact) mass is 365 g/mol.